The Kier molecular flexibility index (Phi) is 5.12. The molecule has 1 amide bonds. The van der Waals surface area contributed by atoms with Crippen LogP contribution in [0.15, 0.2) is 60.0 Å². The highest BCUT2D eigenvalue weighted by Gasteiger charge is 2.08. The third-order valence-corrected chi connectivity index (χ3v) is 4.62. The van der Waals surface area contributed by atoms with Crippen LogP contribution < -0.4 is 11.1 Å². The Hall–Kier alpha value is -2.70. The molecule has 5 nitrogen and oxygen atoms in total. The summed E-state index contributed by atoms with van der Waals surface area (Å²) in [6.45, 7) is 0. The lowest BCUT2D eigenvalue weighted by atomic mass is 10.0. The fourth-order valence-electron chi connectivity index (χ4n) is 2.54. The molecule has 6 heteroatoms. The minimum atomic E-state index is -2.35. The average molecular weight is 401 g/mol. The van der Waals surface area contributed by atoms with Crippen LogP contribution in [0.25, 0.3) is 0 Å². The molecule has 0 fully saturated rings. The first kappa shape index (κ1) is 14.3. The normalized spacial score (nSPS) is 16.7. The summed E-state index contributed by atoms with van der Waals surface area (Å²) in [6, 6.07) is 14.9. The van der Waals surface area contributed by atoms with Crippen LogP contribution in [0.2, 0.25) is 0 Å². The van der Waals surface area contributed by atoms with E-state index in [0.717, 1.165) is 11.3 Å². The summed E-state index contributed by atoms with van der Waals surface area (Å²) < 4.78 is 40.7. The number of thiazole rings is 1. The Bertz CT molecular complexity index is 1090. The Balaban J connectivity index is 1.58. The van der Waals surface area contributed by atoms with Gasteiger partial charge in [-0.1, -0.05) is 48.9 Å². The number of nitrogens with two attached hydrogens (primary N) is 1. The number of benzene rings is 2. The van der Waals surface area contributed by atoms with Crippen LogP contribution in [-0.2, 0) is 17.6 Å². The lowest BCUT2D eigenvalue weighted by molar-refractivity contribution is -0.115. The van der Waals surface area contributed by atoms with Crippen molar-refractivity contribution in [1.82, 2.24) is 4.98 Å². The van der Waals surface area contributed by atoms with Gasteiger partial charge < -0.3 is 16.2 Å². The van der Waals surface area contributed by atoms with E-state index < -0.39 is 24.7 Å². The third kappa shape index (κ3) is 6.18. The van der Waals surface area contributed by atoms with Crippen molar-refractivity contribution in [1.29, 1.82) is 0 Å². The average Bonchev–Trinajstić information content (AvgIpc) is 3.21. The van der Waals surface area contributed by atoms with Gasteiger partial charge in [0.05, 0.1) is 19.5 Å². The van der Waals surface area contributed by atoms with Crippen LogP contribution in [-0.4, -0.2) is 16.0 Å². The smallest absolute Gasteiger partial charge is 0.230 e. The van der Waals surface area contributed by atoms with Crippen LogP contribution in [0.1, 0.15) is 49.0 Å². The van der Waals surface area contributed by atoms with E-state index in [9.17, 15) is 9.90 Å². The summed E-state index contributed by atoms with van der Waals surface area (Å²) in [7, 11) is 0. The zero-order valence-corrected chi connectivity index (χ0v) is 16.0. The van der Waals surface area contributed by atoms with Gasteiger partial charge in [0.2, 0.25) is 5.91 Å². The first-order chi connectivity index (χ1) is 15.4. The van der Waals surface area contributed by atoms with Gasteiger partial charge in [0.15, 0.2) is 5.13 Å². The molecule has 3 rings (SSSR count). The van der Waals surface area contributed by atoms with Gasteiger partial charge in [-0.15, -0.1) is 11.3 Å². The number of nitrogen functional groups attached to an aromatic ring is 1. The van der Waals surface area contributed by atoms with E-state index in [4.69, 9.17) is 12.6 Å². The van der Waals surface area contributed by atoms with Gasteiger partial charge in [0.1, 0.15) is 0 Å². The van der Waals surface area contributed by atoms with Gasteiger partial charge in [0.25, 0.3) is 0 Å². The summed E-state index contributed by atoms with van der Waals surface area (Å²) in [4.78, 5) is 16.2. The van der Waals surface area contributed by atoms with Crippen LogP contribution in [0.5, 0.6) is 0 Å². The van der Waals surface area contributed by atoms with Gasteiger partial charge in [-0.3, -0.25) is 4.79 Å². The molecule has 0 saturated heterocycles. The number of nitrogens with zero attached hydrogens (tertiary/aromatic N) is 1. The SMILES string of the molecule is [2H]C([2H])(CC[C@]([2H])(O)c1ccccc1)Cc1ccc(NC(=O)C([2H])([2H])c2csc(N)n2)cc1. The number of amides is 1. The molecule has 1 heterocycles. The number of carbonyl (C=O) groups is 1. The maximum absolute atomic E-state index is 12.4. The molecule has 0 radical (unpaired) electrons. The van der Waals surface area contributed by atoms with Crippen molar-refractivity contribution in [2.24, 2.45) is 0 Å². The van der Waals surface area contributed by atoms with Gasteiger partial charge >= 0.3 is 0 Å². The first-order valence-electron chi connectivity index (χ1n) is 11.3. The molecule has 28 heavy (non-hydrogen) atoms. The highest BCUT2D eigenvalue weighted by atomic mass is 32.1. The molecule has 1 atom stereocenters. The van der Waals surface area contributed by atoms with Crippen molar-refractivity contribution in [3.63, 3.8) is 0 Å². The number of aromatic nitrogens is 1. The van der Waals surface area contributed by atoms with Gasteiger partial charge in [-0.2, -0.15) is 0 Å². The fraction of sp³-hybridized carbons (Fsp3) is 0.273. The zero-order valence-electron chi connectivity index (χ0n) is 20.2. The molecular weight excluding hydrogens is 370 g/mol. The summed E-state index contributed by atoms with van der Waals surface area (Å²) >= 11 is 1.05. The Morgan fingerprint density at radius 1 is 1.25 bits per heavy atom. The summed E-state index contributed by atoms with van der Waals surface area (Å²) in [5.41, 5.74) is 6.91. The molecule has 0 unspecified atom stereocenters. The van der Waals surface area contributed by atoms with Crippen molar-refractivity contribution >= 4 is 28.1 Å². The van der Waals surface area contributed by atoms with E-state index in [1.807, 2.05) is 0 Å². The Morgan fingerprint density at radius 3 is 2.68 bits per heavy atom. The van der Waals surface area contributed by atoms with Crippen molar-refractivity contribution in [3.05, 3.63) is 76.8 Å². The molecule has 3 aromatic rings. The molecule has 4 N–H and O–H groups in total. The standard InChI is InChI=1S/C22H25N3O2S/c23-22-25-19(15-28-22)14-21(27)24-18-12-10-16(11-13-18)6-4-5-9-20(26)17-7-2-1-3-8-17/h1-3,7-8,10-13,15,20,26H,4-6,9,14H2,(H2,23,25)(H,24,27)/t20-/m0/s1/i4D2,14D2,20D. The van der Waals surface area contributed by atoms with Crippen LogP contribution in [0, 0.1) is 0 Å². The Morgan fingerprint density at radius 2 is 2.00 bits per heavy atom. The molecule has 0 spiro atoms. The zero-order chi connectivity index (χ0) is 24.3. The van der Waals surface area contributed by atoms with Gasteiger partial charge in [-0.05, 0) is 42.5 Å². The van der Waals surface area contributed by atoms with Crippen molar-refractivity contribution in [2.45, 2.75) is 38.1 Å². The van der Waals surface area contributed by atoms with Crippen LogP contribution in [0.3, 0.4) is 0 Å². The molecule has 0 aliphatic rings. The van der Waals surface area contributed by atoms with Crippen molar-refractivity contribution in [2.75, 3.05) is 11.1 Å². The second-order valence-corrected chi connectivity index (χ2v) is 6.98. The maximum Gasteiger partial charge on any atom is 0.230 e. The lowest BCUT2D eigenvalue weighted by Gasteiger charge is -2.10. The molecule has 0 aliphatic heterocycles. The number of aryl methyl sites for hydroxylation is 1. The minimum absolute atomic E-state index is 0.0165. The van der Waals surface area contributed by atoms with E-state index >= 15 is 0 Å². The first-order valence-corrected chi connectivity index (χ1v) is 9.67. The van der Waals surface area contributed by atoms with Crippen LogP contribution >= 0.6 is 11.3 Å². The third-order valence-electron chi connectivity index (χ3n) is 3.95. The Labute approximate surface area is 176 Å². The summed E-state index contributed by atoms with van der Waals surface area (Å²) in [6.07, 6.45) is -5.90. The van der Waals surface area contributed by atoms with Crippen molar-refractivity contribution in [3.8, 4) is 0 Å². The van der Waals surface area contributed by atoms with E-state index in [1.165, 1.54) is 5.38 Å². The molecule has 0 bridgehead atoms. The molecule has 2 aromatic carbocycles. The largest absolute Gasteiger partial charge is 0.388 e. The second-order valence-electron chi connectivity index (χ2n) is 6.09. The lowest BCUT2D eigenvalue weighted by Crippen LogP contribution is -2.14. The molecule has 146 valence electrons. The number of nitrogens with one attached hydrogen (secondary N) is 1. The molecular formula is C22H25N3O2S. The number of hydrogen-bond donors (Lipinski definition) is 3. The predicted molar refractivity (Wildman–Crippen MR) is 114 cm³/mol. The maximum atomic E-state index is 12.4. The minimum Gasteiger partial charge on any atom is -0.388 e. The number of hydrogen-bond acceptors (Lipinski definition) is 5. The van der Waals surface area contributed by atoms with Gasteiger partial charge in [-0.25, -0.2) is 4.98 Å². The quantitative estimate of drug-likeness (QED) is 0.498. The predicted octanol–water partition coefficient (Wildman–Crippen LogP) is 4.35. The number of carbonyl (C=O) groups excluding carboxylic acids is 1. The summed E-state index contributed by atoms with van der Waals surface area (Å²) in [5.74, 6) is -0.883. The van der Waals surface area contributed by atoms with Crippen LogP contribution in [0.4, 0.5) is 10.8 Å². The van der Waals surface area contributed by atoms with E-state index in [0.29, 0.717) is 16.8 Å². The molecule has 0 aliphatic carbocycles. The highest BCUT2D eigenvalue weighted by Crippen LogP contribution is 2.20. The molecule has 1 aromatic heterocycles. The van der Waals surface area contributed by atoms with E-state index in [-0.39, 0.29) is 30.1 Å². The number of rotatable bonds is 9. The number of anilines is 2. The highest BCUT2D eigenvalue weighted by molar-refractivity contribution is 7.13. The van der Waals surface area contributed by atoms with Crippen molar-refractivity contribution < 1.29 is 16.8 Å². The van der Waals surface area contributed by atoms with E-state index in [1.54, 1.807) is 54.6 Å². The fourth-order valence-corrected chi connectivity index (χ4v) is 3.04. The summed E-state index contributed by atoms with van der Waals surface area (Å²) in [5, 5.41) is 14.5. The molecule has 0 saturated carbocycles. The number of aliphatic hydroxyl groups is 1. The second kappa shape index (κ2) is 10.0. The monoisotopic (exact) mass is 400 g/mol. The topological polar surface area (TPSA) is 88.2 Å². The van der Waals surface area contributed by atoms with Gasteiger partial charge in [0, 0.05) is 16.6 Å². The van der Waals surface area contributed by atoms with E-state index in [2.05, 4.69) is 10.3 Å².